The van der Waals surface area contributed by atoms with Crippen LogP contribution in [0, 0.1) is 23.2 Å². The fraction of sp³-hybridized carbons (Fsp3) is 0.467. The SMILES string of the molecule is CC(C)C[C@H](CN)CC(=O)Nc1ccc(C#N)c(Cl)c1. The minimum absolute atomic E-state index is 0.0816. The van der Waals surface area contributed by atoms with Crippen LogP contribution in [0.3, 0.4) is 0 Å². The summed E-state index contributed by atoms with van der Waals surface area (Å²) < 4.78 is 0. The Morgan fingerprint density at radius 2 is 2.20 bits per heavy atom. The van der Waals surface area contributed by atoms with Crippen molar-refractivity contribution in [3.8, 4) is 6.07 Å². The molecule has 0 saturated heterocycles. The summed E-state index contributed by atoms with van der Waals surface area (Å²) in [5.74, 6) is 0.617. The summed E-state index contributed by atoms with van der Waals surface area (Å²) in [5, 5.41) is 11.9. The third-order valence-corrected chi connectivity index (χ3v) is 3.30. The molecule has 0 heterocycles. The molecule has 1 aromatic rings. The molecule has 0 fully saturated rings. The van der Waals surface area contributed by atoms with Gasteiger partial charge in [0, 0.05) is 12.1 Å². The molecule has 0 aliphatic carbocycles. The van der Waals surface area contributed by atoms with E-state index in [2.05, 4.69) is 19.2 Å². The van der Waals surface area contributed by atoms with Gasteiger partial charge >= 0.3 is 0 Å². The van der Waals surface area contributed by atoms with Crippen LogP contribution in [-0.4, -0.2) is 12.5 Å². The molecule has 1 amide bonds. The van der Waals surface area contributed by atoms with Crippen LogP contribution in [0.15, 0.2) is 18.2 Å². The van der Waals surface area contributed by atoms with Crippen LogP contribution in [0.5, 0.6) is 0 Å². The molecule has 1 aromatic carbocycles. The van der Waals surface area contributed by atoms with Gasteiger partial charge in [0.2, 0.25) is 5.91 Å². The first-order valence-corrected chi connectivity index (χ1v) is 7.03. The summed E-state index contributed by atoms with van der Waals surface area (Å²) in [6.07, 6.45) is 1.32. The zero-order valence-electron chi connectivity index (χ0n) is 11.8. The largest absolute Gasteiger partial charge is 0.330 e. The lowest BCUT2D eigenvalue weighted by Gasteiger charge is -2.16. The van der Waals surface area contributed by atoms with Crippen molar-refractivity contribution in [1.82, 2.24) is 0 Å². The van der Waals surface area contributed by atoms with E-state index >= 15 is 0 Å². The van der Waals surface area contributed by atoms with Gasteiger partial charge in [0.25, 0.3) is 0 Å². The minimum Gasteiger partial charge on any atom is -0.330 e. The van der Waals surface area contributed by atoms with Gasteiger partial charge in [-0.2, -0.15) is 5.26 Å². The monoisotopic (exact) mass is 293 g/mol. The second-order valence-electron chi connectivity index (χ2n) is 5.29. The molecule has 0 radical (unpaired) electrons. The summed E-state index contributed by atoms with van der Waals surface area (Å²) in [7, 11) is 0. The summed E-state index contributed by atoms with van der Waals surface area (Å²) >= 11 is 5.92. The maximum absolute atomic E-state index is 12.0. The molecule has 1 rings (SSSR count). The molecule has 1 atom stereocenters. The van der Waals surface area contributed by atoms with E-state index in [0.29, 0.717) is 35.2 Å². The smallest absolute Gasteiger partial charge is 0.224 e. The highest BCUT2D eigenvalue weighted by atomic mass is 35.5. The second kappa shape index (κ2) is 7.88. The fourth-order valence-corrected chi connectivity index (χ4v) is 2.31. The molecule has 0 aromatic heterocycles. The molecular formula is C15H20ClN3O. The van der Waals surface area contributed by atoms with Crippen molar-refractivity contribution in [1.29, 1.82) is 5.26 Å². The topological polar surface area (TPSA) is 78.9 Å². The quantitative estimate of drug-likeness (QED) is 0.845. The molecule has 0 unspecified atom stereocenters. The standard InChI is InChI=1S/C15H20ClN3O/c1-10(2)5-11(8-17)6-15(20)19-13-4-3-12(9-18)14(16)7-13/h3-4,7,10-11H,5-6,8,17H2,1-2H3,(H,19,20)/t11-/m0/s1. The lowest BCUT2D eigenvalue weighted by Crippen LogP contribution is -2.23. The number of anilines is 1. The predicted molar refractivity (Wildman–Crippen MR) is 81.4 cm³/mol. The van der Waals surface area contributed by atoms with Gasteiger partial charge in [-0.1, -0.05) is 25.4 Å². The molecule has 108 valence electrons. The van der Waals surface area contributed by atoms with Crippen molar-refractivity contribution in [3.05, 3.63) is 28.8 Å². The Labute approximate surface area is 124 Å². The van der Waals surface area contributed by atoms with Crippen molar-refractivity contribution >= 4 is 23.2 Å². The van der Waals surface area contributed by atoms with E-state index in [1.165, 1.54) is 0 Å². The second-order valence-corrected chi connectivity index (χ2v) is 5.70. The van der Waals surface area contributed by atoms with Gasteiger partial charge < -0.3 is 11.1 Å². The van der Waals surface area contributed by atoms with Gasteiger partial charge in [0.1, 0.15) is 6.07 Å². The summed E-state index contributed by atoms with van der Waals surface area (Å²) in [4.78, 5) is 12.0. The number of carbonyl (C=O) groups excluding carboxylic acids is 1. The van der Waals surface area contributed by atoms with E-state index in [1.54, 1.807) is 18.2 Å². The maximum atomic E-state index is 12.0. The number of hydrogen-bond acceptors (Lipinski definition) is 3. The Hall–Kier alpha value is -1.57. The number of nitrogens with one attached hydrogen (secondary N) is 1. The van der Waals surface area contributed by atoms with Crippen LogP contribution in [0.2, 0.25) is 5.02 Å². The number of amides is 1. The number of benzene rings is 1. The Bertz CT molecular complexity index is 508. The van der Waals surface area contributed by atoms with Gasteiger partial charge in [-0.15, -0.1) is 0 Å². The average Bonchev–Trinajstić information content (AvgIpc) is 2.37. The molecular weight excluding hydrogens is 274 g/mol. The Kier molecular flexibility index (Phi) is 6.50. The van der Waals surface area contributed by atoms with Gasteiger partial charge in [-0.05, 0) is 43.0 Å². The summed E-state index contributed by atoms with van der Waals surface area (Å²) in [6.45, 7) is 4.72. The van der Waals surface area contributed by atoms with Crippen molar-refractivity contribution in [3.63, 3.8) is 0 Å². The zero-order chi connectivity index (χ0) is 15.1. The predicted octanol–water partition coefficient (Wildman–Crippen LogP) is 3.16. The lowest BCUT2D eigenvalue weighted by atomic mass is 9.94. The van der Waals surface area contributed by atoms with Crippen LogP contribution in [0.25, 0.3) is 0 Å². The van der Waals surface area contributed by atoms with Crippen molar-refractivity contribution in [2.24, 2.45) is 17.6 Å². The van der Waals surface area contributed by atoms with E-state index in [1.807, 2.05) is 6.07 Å². The maximum Gasteiger partial charge on any atom is 0.224 e. The highest BCUT2D eigenvalue weighted by molar-refractivity contribution is 6.32. The molecule has 3 N–H and O–H groups in total. The first-order chi connectivity index (χ1) is 9.46. The Morgan fingerprint density at radius 3 is 2.70 bits per heavy atom. The van der Waals surface area contributed by atoms with Crippen molar-refractivity contribution in [2.75, 3.05) is 11.9 Å². The van der Waals surface area contributed by atoms with Crippen LogP contribution in [0.1, 0.15) is 32.3 Å². The molecule has 4 nitrogen and oxygen atoms in total. The number of hydrogen-bond donors (Lipinski definition) is 2. The highest BCUT2D eigenvalue weighted by Crippen LogP contribution is 2.21. The van der Waals surface area contributed by atoms with E-state index in [9.17, 15) is 4.79 Å². The zero-order valence-corrected chi connectivity index (χ0v) is 12.6. The van der Waals surface area contributed by atoms with Crippen molar-refractivity contribution in [2.45, 2.75) is 26.7 Å². The molecule has 0 bridgehead atoms. The van der Waals surface area contributed by atoms with Gasteiger partial charge in [0.05, 0.1) is 10.6 Å². The number of carbonyl (C=O) groups is 1. The Balaban J connectivity index is 2.62. The van der Waals surface area contributed by atoms with Crippen LogP contribution < -0.4 is 11.1 Å². The first-order valence-electron chi connectivity index (χ1n) is 6.65. The third-order valence-electron chi connectivity index (χ3n) is 2.99. The fourth-order valence-electron chi connectivity index (χ4n) is 2.09. The van der Waals surface area contributed by atoms with E-state index < -0.39 is 0 Å². The molecule has 0 aliphatic rings. The molecule has 0 spiro atoms. The molecule has 0 saturated carbocycles. The minimum atomic E-state index is -0.0816. The van der Waals surface area contributed by atoms with Crippen LogP contribution in [0.4, 0.5) is 5.69 Å². The lowest BCUT2D eigenvalue weighted by molar-refractivity contribution is -0.117. The number of nitrogens with two attached hydrogens (primary N) is 1. The van der Waals surface area contributed by atoms with Crippen LogP contribution >= 0.6 is 11.6 Å². The number of nitriles is 1. The average molecular weight is 294 g/mol. The third kappa shape index (κ3) is 5.20. The highest BCUT2D eigenvalue weighted by Gasteiger charge is 2.14. The van der Waals surface area contributed by atoms with E-state index in [0.717, 1.165) is 6.42 Å². The summed E-state index contributed by atoms with van der Waals surface area (Å²) in [6, 6.07) is 6.82. The number of rotatable bonds is 6. The van der Waals surface area contributed by atoms with Gasteiger partial charge in [0.15, 0.2) is 0 Å². The van der Waals surface area contributed by atoms with Crippen LogP contribution in [-0.2, 0) is 4.79 Å². The molecule has 20 heavy (non-hydrogen) atoms. The molecule has 5 heteroatoms. The Morgan fingerprint density at radius 1 is 1.50 bits per heavy atom. The molecule has 0 aliphatic heterocycles. The first kappa shape index (κ1) is 16.5. The normalized spacial score (nSPS) is 12.0. The number of halogens is 1. The summed E-state index contributed by atoms with van der Waals surface area (Å²) in [5.41, 5.74) is 6.68. The van der Waals surface area contributed by atoms with Gasteiger partial charge in [-0.3, -0.25) is 4.79 Å². The van der Waals surface area contributed by atoms with E-state index in [-0.39, 0.29) is 11.8 Å². The van der Waals surface area contributed by atoms with Gasteiger partial charge in [-0.25, -0.2) is 0 Å². The van der Waals surface area contributed by atoms with E-state index in [4.69, 9.17) is 22.6 Å². The van der Waals surface area contributed by atoms with Crippen molar-refractivity contribution < 1.29 is 4.79 Å². The number of nitrogens with zero attached hydrogens (tertiary/aromatic N) is 1.